The lowest BCUT2D eigenvalue weighted by molar-refractivity contribution is -0.122. The third-order valence-electron chi connectivity index (χ3n) is 1.71. The van der Waals surface area contributed by atoms with Crippen LogP contribution in [0.5, 0.6) is 0 Å². The number of hydrogen-bond donors (Lipinski definition) is 2. The Bertz CT molecular complexity index is 166. The molecule has 0 bridgehead atoms. The normalized spacial score (nSPS) is 12.6. The molecule has 0 heterocycles. The van der Waals surface area contributed by atoms with E-state index < -0.39 is 0 Å². The van der Waals surface area contributed by atoms with Gasteiger partial charge in [0.15, 0.2) is 0 Å². The van der Waals surface area contributed by atoms with Crippen LogP contribution >= 0.6 is 0 Å². The van der Waals surface area contributed by atoms with Crippen molar-refractivity contribution in [3.05, 3.63) is 12.7 Å². The van der Waals surface area contributed by atoms with Crippen molar-refractivity contribution in [2.24, 2.45) is 11.7 Å². The molecule has 3 heteroatoms. The number of amides is 1. The van der Waals surface area contributed by atoms with Gasteiger partial charge in [-0.1, -0.05) is 19.9 Å². The summed E-state index contributed by atoms with van der Waals surface area (Å²) in [4.78, 5) is 11.3. The van der Waals surface area contributed by atoms with Crippen LogP contribution in [-0.2, 0) is 4.79 Å². The highest BCUT2D eigenvalue weighted by molar-refractivity contribution is 5.81. The minimum atomic E-state index is -0.371. The van der Waals surface area contributed by atoms with Crippen molar-refractivity contribution in [1.82, 2.24) is 5.32 Å². The molecular formula is C10H20N2O. The van der Waals surface area contributed by atoms with Crippen LogP contribution in [0.2, 0.25) is 0 Å². The first-order chi connectivity index (χ1) is 6.07. The molecule has 0 spiro atoms. The third kappa shape index (κ3) is 6.34. The molecule has 0 aromatic rings. The van der Waals surface area contributed by atoms with E-state index in [0.29, 0.717) is 12.5 Å². The lowest BCUT2D eigenvalue weighted by Gasteiger charge is -2.13. The second-order valence-corrected chi connectivity index (χ2v) is 3.60. The summed E-state index contributed by atoms with van der Waals surface area (Å²) in [7, 11) is 0. The zero-order chi connectivity index (χ0) is 10.3. The SMILES string of the molecule is C=CCCNC(=O)C(N)CC(C)C. The van der Waals surface area contributed by atoms with Gasteiger partial charge in [-0.15, -0.1) is 6.58 Å². The summed E-state index contributed by atoms with van der Waals surface area (Å²) in [6.07, 6.45) is 3.30. The van der Waals surface area contributed by atoms with Gasteiger partial charge in [0, 0.05) is 6.54 Å². The number of nitrogens with two attached hydrogens (primary N) is 1. The summed E-state index contributed by atoms with van der Waals surface area (Å²) in [5, 5.41) is 2.75. The maximum absolute atomic E-state index is 11.3. The zero-order valence-corrected chi connectivity index (χ0v) is 8.55. The average molecular weight is 184 g/mol. The van der Waals surface area contributed by atoms with Gasteiger partial charge in [0.05, 0.1) is 6.04 Å². The van der Waals surface area contributed by atoms with Gasteiger partial charge in [-0.3, -0.25) is 4.79 Å². The van der Waals surface area contributed by atoms with E-state index in [9.17, 15) is 4.79 Å². The first kappa shape index (κ1) is 12.2. The largest absolute Gasteiger partial charge is 0.354 e. The highest BCUT2D eigenvalue weighted by Gasteiger charge is 2.13. The average Bonchev–Trinajstić information content (AvgIpc) is 2.03. The molecule has 3 nitrogen and oxygen atoms in total. The molecule has 0 aromatic carbocycles. The van der Waals surface area contributed by atoms with Gasteiger partial charge in [-0.25, -0.2) is 0 Å². The topological polar surface area (TPSA) is 55.1 Å². The Hall–Kier alpha value is -0.830. The van der Waals surface area contributed by atoms with Gasteiger partial charge in [0.2, 0.25) is 5.91 Å². The van der Waals surface area contributed by atoms with Crippen LogP contribution < -0.4 is 11.1 Å². The molecular weight excluding hydrogens is 164 g/mol. The van der Waals surface area contributed by atoms with Crippen molar-refractivity contribution >= 4 is 5.91 Å². The van der Waals surface area contributed by atoms with Crippen LogP contribution in [0.4, 0.5) is 0 Å². The Morgan fingerprint density at radius 2 is 2.23 bits per heavy atom. The van der Waals surface area contributed by atoms with E-state index in [1.165, 1.54) is 0 Å². The van der Waals surface area contributed by atoms with Crippen LogP contribution in [0.3, 0.4) is 0 Å². The first-order valence-corrected chi connectivity index (χ1v) is 4.72. The molecule has 0 saturated heterocycles. The van der Waals surface area contributed by atoms with Crippen LogP contribution in [0, 0.1) is 5.92 Å². The maximum Gasteiger partial charge on any atom is 0.236 e. The highest BCUT2D eigenvalue weighted by Crippen LogP contribution is 2.02. The summed E-state index contributed by atoms with van der Waals surface area (Å²) >= 11 is 0. The maximum atomic E-state index is 11.3. The second-order valence-electron chi connectivity index (χ2n) is 3.60. The van der Waals surface area contributed by atoms with E-state index >= 15 is 0 Å². The van der Waals surface area contributed by atoms with Crippen molar-refractivity contribution in [3.8, 4) is 0 Å². The summed E-state index contributed by atoms with van der Waals surface area (Å²) in [5.41, 5.74) is 5.66. The van der Waals surface area contributed by atoms with Gasteiger partial charge in [0.25, 0.3) is 0 Å². The standard InChI is InChI=1S/C10H20N2O/c1-4-5-6-12-10(13)9(11)7-8(2)3/h4,8-9H,1,5-7,11H2,2-3H3,(H,12,13). The predicted octanol–water partition coefficient (Wildman–Crippen LogP) is 1.05. The van der Waals surface area contributed by atoms with Gasteiger partial charge in [0.1, 0.15) is 0 Å². The minimum Gasteiger partial charge on any atom is -0.354 e. The van der Waals surface area contributed by atoms with Crippen molar-refractivity contribution in [2.75, 3.05) is 6.54 Å². The molecule has 1 atom stereocenters. The van der Waals surface area contributed by atoms with E-state index in [1.807, 2.05) is 0 Å². The summed E-state index contributed by atoms with van der Waals surface area (Å²) < 4.78 is 0. The Labute approximate surface area is 80.4 Å². The molecule has 0 aliphatic carbocycles. The fraction of sp³-hybridized carbons (Fsp3) is 0.700. The van der Waals surface area contributed by atoms with Crippen molar-refractivity contribution < 1.29 is 4.79 Å². The first-order valence-electron chi connectivity index (χ1n) is 4.72. The lowest BCUT2D eigenvalue weighted by Crippen LogP contribution is -2.41. The molecule has 76 valence electrons. The van der Waals surface area contributed by atoms with Gasteiger partial charge in [-0.2, -0.15) is 0 Å². The second kappa shape index (κ2) is 6.66. The molecule has 0 aromatic heterocycles. The van der Waals surface area contributed by atoms with E-state index in [2.05, 4.69) is 25.7 Å². The van der Waals surface area contributed by atoms with E-state index in [4.69, 9.17) is 5.73 Å². The molecule has 0 fully saturated rings. The van der Waals surface area contributed by atoms with Crippen molar-refractivity contribution in [3.63, 3.8) is 0 Å². The van der Waals surface area contributed by atoms with Crippen molar-refractivity contribution in [1.29, 1.82) is 0 Å². The number of nitrogens with one attached hydrogen (secondary N) is 1. The molecule has 0 radical (unpaired) electrons. The van der Waals surface area contributed by atoms with Crippen LogP contribution in [0.1, 0.15) is 26.7 Å². The summed E-state index contributed by atoms with van der Waals surface area (Å²) in [6.45, 7) is 8.31. The molecule has 0 rings (SSSR count). The van der Waals surface area contributed by atoms with Crippen molar-refractivity contribution in [2.45, 2.75) is 32.7 Å². The number of carbonyl (C=O) groups is 1. The Balaban J connectivity index is 3.62. The smallest absolute Gasteiger partial charge is 0.236 e. The number of carbonyl (C=O) groups excluding carboxylic acids is 1. The van der Waals surface area contributed by atoms with E-state index in [-0.39, 0.29) is 11.9 Å². The Morgan fingerprint density at radius 3 is 2.69 bits per heavy atom. The minimum absolute atomic E-state index is 0.0597. The molecule has 1 amide bonds. The molecule has 13 heavy (non-hydrogen) atoms. The Kier molecular flexibility index (Phi) is 6.24. The lowest BCUT2D eigenvalue weighted by atomic mass is 10.0. The number of hydrogen-bond acceptors (Lipinski definition) is 2. The highest BCUT2D eigenvalue weighted by atomic mass is 16.2. The molecule has 1 unspecified atom stereocenters. The zero-order valence-electron chi connectivity index (χ0n) is 8.55. The number of rotatable bonds is 6. The van der Waals surface area contributed by atoms with Crippen LogP contribution in [0.15, 0.2) is 12.7 Å². The fourth-order valence-corrected chi connectivity index (χ4v) is 1.04. The molecule has 0 aliphatic rings. The quantitative estimate of drug-likeness (QED) is 0.479. The summed E-state index contributed by atoms with van der Waals surface area (Å²) in [5.74, 6) is 0.399. The summed E-state index contributed by atoms with van der Waals surface area (Å²) in [6, 6.07) is -0.371. The Morgan fingerprint density at radius 1 is 1.62 bits per heavy atom. The third-order valence-corrected chi connectivity index (χ3v) is 1.71. The van der Waals surface area contributed by atoms with Gasteiger partial charge < -0.3 is 11.1 Å². The fourth-order valence-electron chi connectivity index (χ4n) is 1.04. The van der Waals surface area contributed by atoms with Crippen LogP contribution in [-0.4, -0.2) is 18.5 Å². The van der Waals surface area contributed by atoms with E-state index in [1.54, 1.807) is 6.08 Å². The molecule has 0 aliphatic heterocycles. The van der Waals surface area contributed by atoms with Crippen LogP contribution in [0.25, 0.3) is 0 Å². The molecule has 3 N–H and O–H groups in total. The van der Waals surface area contributed by atoms with Gasteiger partial charge in [-0.05, 0) is 18.8 Å². The van der Waals surface area contributed by atoms with E-state index in [0.717, 1.165) is 12.8 Å². The predicted molar refractivity (Wildman–Crippen MR) is 55.3 cm³/mol. The van der Waals surface area contributed by atoms with Gasteiger partial charge >= 0.3 is 0 Å². The molecule has 0 saturated carbocycles. The monoisotopic (exact) mass is 184 g/mol.